The van der Waals surface area contributed by atoms with E-state index in [4.69, 9.17) is 12.2 Å². The Hall–Kier alpha value is -1.15. The lowest BCUT2D eigenvalue weighted by atomic mass is 10.1. The molecule has 1 nitrogen and oxygen atoms in total. The minimum absolute atomic E-state index is 0.937. The smallest absolute Gasteiger partial charge is 0.0502 e. The molecule has 0 aliphatic heterocycles. The SMILES string of the molecule is CCc1cccc2c(=S)cc(C)[nH]c12. The van der Waals surface area contributed by atoms with Gasteiger partial charge >= 0.3 is 0 Å². The quantitative estimate of drug-likeness (QED) is 0.698. The Kier molecular flexibility index (Phi) is 2.38. The summed E-state index contributed by atoms with van der Waals surface area (Å²) in [5, 5.41) is 1.16. The first-order chi connectivity index (χ1) is 6.72. The summed E-state index contributed by atoms with van der Waals surface area (Å²) in [7, 11) is 0. The standard InChI is InChI=1S/C12H13NS/c1-3-9-5-4-6-10-11(14)7-8(2)13-12(9)10/h4-7H,3H2,1-2H3,(H,13,14). The van der Waals surface area contributed by atoms with Gasteiger partial charge in [-0.25, -0.2) is 0 Å². The third-order valence-electron chi connectivity index (χ3n) is 2.47. The lowest BCUT2D eigenvalue weighted by Gasteiger charge is -2.05. The van der Waals surface area contributed by atoms with Crippen LogP contribution in [0.5, 0.6) is 0 Å². The van der Waals surface area contributed by atoms with E-state index in [0.29, 0.717) is 0 Å². The van der Waals surface area contributed by atoms with Gasteiger partial charge in [0.25, 0.3) is 0 Å². The predicted molar refractivity (Wildman–Crippen MR) is 63.2 cm³/mol. The summed E-state index contributed by atoms with van der Waals surface area (Å²) in [4.78, 5) is 3.38. The van der Waals surface area contributed by atoms with Gasteiger partial charge in [-0.15, -0.1) is 0 Å². The number of rotatable bonds is 1. The minimum atomic E-state index is 0.937. The van der Waals surface area contributed by atoms with Crippen LogP contribution in [0.3, 0.4) is 0 Å². The summed E-state index contributed by atoms with van der Waals surface area (Å²) >= 11 is 5.33. The molecule has 1 aromatic heterocycles. The Morgan fingerprint density at radius 1 is 1.36 bits per heavy atom. The average molecular weight is 203 g/mol. The van der Waals surface area contributed by atoms with E-state index in [1.165, 1.54) is 11.1 Å². The van der Waals surface area contributed by atoms with E-state index in [-0.39, 0.29) is 0 Å². The molecule has 1 heterocycles. The molecule has 14 heavy (non-hydrogen) atoms. The lowest BCUT2D eigenvalue weighted by Crippen LogP contribution is -1.90. The van der Waals surface area contributed by atoms with Crippen molar-refractivity contribution in [3.05, 3.63) is 40.0 Å². The second-order valence-electron chi connectivity index (χ2n) is 3.51. The molecule has 2 aromatic rings. The second-order valence-corrected chi connectivity index (χ2v) is 3.95. The third-order valence-corrected chi connectivity index (χ3v) is 2.80. The van der Waals surface area contributed by atoms with Gasteiger partial charge in [0.1, 0.15) is 0 Å². The van der Waals surface area contributed by atoms with Gasteiger partial charge < -0.3 is 4.98 Å². The van der Waals surface area contributed by atoms with Crippen molar-refractivity contribution < 1.29 is 0 Å². The lowest BCUT2D eigenvalue weighted by molar-refractivity contribution is 1.13. The molecule has 2 heteroatoms. The zero-order valence-electron chi connectivity index (χ0n) is 8.42. The normalized spacial score (nSPS) is 10.7. The van der Waals surface area contributed by atoms with Crippen LogP contribution in [-0.4, -0.2) is 4.98 Å². The van der Waals surface area contributed by atoms with Crippen LogP contribution in [0.25, 0.3) is 10.9 Å². The van der Waals surface area contributed by atoms with Crippen LogP contribution in [-0.2, 0) is 6.42 Å². The first-order valence-electron chi connectivity index (χ1n) is 4.84. The maximum atomic E-state index is 5.33. The molecule has 0 saturated heterocycles. The number of nitrogens with one attached hydrogen (secondary N) is 1. The first kappa shape index (κ1) is 9.41. The van der Waals surface area contributed by atoms with Gasteiger partial charge in [-0.1, -0.05) is 37.3 Å². The van der Waals surface area contributed by atoms with Crippen molar-refractivity contribution in [3.8, 4) is 0 Å². The number of aromatic amines is 1. The minimum Gasteiger partial charge on any atom is -0.358 e. The molecule has 0 spiro atoms. The first-order valence-corrected chi connectivity index (χ1v) is 5.24. The number of fused-ring (bicyclic) bond motifs is 1. The maximum absolute atomic E-state index is 5.33. The van der Waals surface area contributed by atoms with Crippen molar-refractivity contribution in [2.75, 3.05) is 0 Å². The molecule has 72 valence electrons. The number of benzene rings is 1. The van der Waals surface area contributed by atoms with Crippen LogP contribution in [0.4, 0.5) is 0 Å². The number of para-hydroxylation sites is 1. The van der Waals surface area contributed by atoms with Gasteiger partial charge in [0.2, 0.25) is 0 Å². The number of hydrogen-bond acceptors (Lipinski definition) is 1. The summed E-state index contributed by atoms with van der Waals surface area (Å²) in [6.07, 6.45) is 1.03. The van der Waals surface area contributed by atoms with Gasteiger partial charge in [-0.05, 0) is 25.0 Å². The highest BCUT2D eigenvalue weighted by molar-refractivity contribution is 7.71. The van der Waals surface area contributed by atoms with E-state index in [2.05, 4.69) is 30.1 Å². The summed E-state index contributed by atoms with van der Waals surface area (Å²) in [5.41, 5.74) is 3.65. The highest BCUT2D eigenvalue weighted by atomic mass is 32.1. The number of hydrogen-bond donors (Lipinski definition) is 1. The molecule has 0 bridgehead atoms. The highest BCUT2D eigenvalue weighted by Gasteiger charge is 2.00. The molecule has 0 aliphatic carbocycles. The Morgan fingerprint density at radius 3 is 2.86 bits per heavy atom. The number of aromatic nitrogens is 1. The van der Waals surface area contributed by atoms with Crippen molar-refractivity contribution in [3.63, 3.8) is 0 Å². The maximum Gasteiger partial charge on any atom is 0.0502 e. The molecular formula is C12H13NS. The van der Waals surface area contributed by atoms with E-state index in [1.807, 2.05) is 13.0 Å². The molecular weight excluding hydrogens is 190 g/mol. The highest BCUT2D eigenvalue weighted by Crippen LogP contribution is 2.19. The summed E-state index contributed by atoms with van der Waals surface area (Å²) in [5.74, 6) is 0. The largest absolute Gasteiger partial charge is 0.358 e. The monoisotopic (exact) mass is 203 g/mol. The van der Waals surface area contributed by atoms with E-state index in [0.717, 1.165) is 22.0 Å². The van der Waals surface area contributed by atoms with Crippen molar-refractivity contribution >= 4 is 23.1 Å². The Bertz CT molecular complexity index is 525. The summed E-state index contributed by atoms with van der Waals surface area (Å²) in [6.45, 7) is 4.20. The fourth-order valence-electron chi connectivity index (χ4n) is 1.76. The zero-order valence-corrected chi connectivity index (χ0v) is 9.24. The number of aryl methyl sites for hydroxylation is 2. The number of H-pyrrole nitrogens is 1. The summed E-state index contributed by atoms with van der Waals surface area (Å²) < 4.78 is 0.937. The van der Waals surface area contributed by atoms with Crippen LogP contribution in [0.2, 0.25) is 0 Å². The average Bonchev–Trinajstić information content (AvgIpc) is 2.17. The molecule has 0 radical (unpaired) electrons. The van der Waals surface area contributed by atoms with E-state index >= 15 is 0 Å². The Labute approximate surface area is 88.8 Å². The molecule has 0 amide bonds. The molecule has 0 atom stereocenters. The van der Waals surface area contributed by atoms with Gasteiger partial charge in [0.15, 0.2) is 0 Å². The van der Waals surface area contributed by atoms with Crippen LogP contribution < -0.4 is 0 Å². The number of pyridine rings is 1. The van der Waals surface area contributed by atoms with Crippen LogP contribution in [0, 0.1) is 11.4 Å². The second kappa shape index (κ2) is 3.54. The van der Waals surface area contributed by atoms with Crippen molar-refractivity contribution in [1.29, 1.82) is 0 Å². The topological polar surface area (TPSA) is 15.8 Å². The van der Waals surface area contributed by atoms with Gasteiger partial charge in [-0.3, -0.25) is 0 Å². The van der Waals surface area contributed by atoms with Gasteiger partial charge in [0.05, 0.1) is 5.52 Å². The summed E-state index contributed by atoms with van der Waals surface area (Å²) in [6, 6.07) is 8.30. The zero-order chi connectivity index (χ0) is 10.1. The molecule has 1 N–H and O–H groups in total. The van der Waals surface area contributed by atoms with E-state index in [9.17, 15) is 0 Å². The molecule has 1 aromatic carbocycles. The van der Waals surface area contributed by atoms with Crippen molar-refractivity contribution in [1.82, 2.24) is 4.98 Å². The molecule has 0 fully saturated rings. The van der Waals surface area contributed by atoms with Crippen LogP contribution in [0.1, 0.15) is 18.2 Å². The third kappa shape index (κ3) is 1.46. The van der Waals surface area contributed by atoms with Gasteiger partial charge in [0, 0.05) is 15.6 Å². The van der Waals surface area contributed by atoms with E-state index < -0.39 is 0 Å². The fourth-order valence-corrected chi connectivity index (χ4v) is 2.10. The van der Waals surface area contributed by atoms with Crippen molar-refractivity contribution in [2.24, 2.45) is 0 Å². The van der Waals surface area contributed by atoms with Crippen LogP contribution >= 0.6 is 12.2 Å². The van der Waals surface area contributed by atoms with Gasteiger partial charge in [-0.2, -0.15) is 0 Å². The molecule has 0 unspecified atom stereocenters. The van der Waals surface area contributed by atoms with Crippen LogP contribution in [0.15, 0.2) is 24.3 Å². The van der Waals surface area contributed by atoms with E-state index in [1.54, 1.807) is 0 Å². The fraction of sp³-hybridized carbons (Fsp3) is 0.250. The molecule has 0 aliphatic rings. The van der Waals surface area contributed by atoms with Crippen molar-refractivity contribution in [2.45, 2.75) is 20.3 Å². The molecule has 2 rings (SSSR count). The molecule has 0 saturated carbocycles. The Balaban J connectivity index is 2.94. The Morgan fingerprint density at radius 2 is 2.14 bits per heavy atom. The predicted octanol–water partition coefficient (Wildman–Crippen LogP) is 3.77.